The van der Waals surface area contributed by atoms with Gasteiger partial charge in [-0.1, -0.05) is 54.1 Å². The van der Waals surface area contributed by atoms with Gasteiger partial charge in [-0.15, -0.1) is 0 Å². The molecule has 0 aliphatic heterocycles. The van der Waals surface area contributed by atoms with E-state index in [2.05, 4.69) is 4.72 Å². The molecule has 0 amide bonds. The molecule has 5 rings (SSSR count). The van der Waals surface area contributed by atoms with Crippen LogP contribution in [-0.2, 0) is 21.2 Å². The molecule has 5 nitrogen and oxygen atoms in total. The lowest BCUT2D eigenvalue weighted by molar-refractivity contribution is -0.140. The molecule has 1 fully saturated rings. The largest absolute Gasteiger partial charge is 0.480 e. The summed E-state index contributed by atoms with van der Waals surface area (Å²) in [7, 11) is -4.02. The quantitative estimate of drug-likeness (QED) is 0.488. The van der Waals surface area contributed by atoms with Gasteiger partial charge in [0.05, 0.1) is 4.90 Å². The van der Waals surface area contributed by atoms with Crippen LogP contribution in [0.5, 0.6) is 0 Å². The van der Waals surface area contributed by atoms with E-state index in [1.165, 1.54) is 6.07 Å². The van der Waals surface area contributed by atoms with Gasteiger partial charge in [0, 0.05) is 10.9 Å². The van der Waals surface area contributed by atoms with Crippen LogP contribution in [0.2, 0.25) is 5.02 Å². The average Bonchev–Trinajstić information content (AvgIpc) is 3.33. The van der Waals surface area contributed by atoms with Crippen LogP contribution in [0, 0.1) is 0 Å². The van der Waals surface area contributed by atoms with Crippen molar-refractivity contribution in [2.45, 2.75) is 29.2 Å². The number of rotatable bonds is 5. The minimum atomic E-state index is -4.02. The summed E-state index contributed by atoms with van der Waals surface area (Å²) in [4.78, 5) is 12.1. The van der Waals surface area contributed by atoms with Crippen molar-refractivity contribution in [1.82, 2.24) is 4.72 Å². The topological polar surface area (TPSA) is 83.5 Å². The third-order valence-electron chi connectivity index (χ3n) is 5.99. The average molecular weight is 440 g/mol. The summed E-state index contributed by atoms with van der Waals surface area (Å²) < 4.78 is 28.7. The highest BCUT2D eigenvalue weighted by Gasteiger charge is 2.63. The summed E-state index contributed by atoms with van der Waals surface area (Å²) in [6.07, 6.45) is 0.811. The van der Waals surface area contributed by atoms with E-state index in [0.29, 0.717) is 11.4 Å². The number of nitrogens with one attached hydrogen (secondary N) is 1. The second-order valence-electron chi connectivity index (χ2n) is 7.85. The standard InChI is InChI=1S/C23H18ClNO4S/c24-17-6-8-19-15(11-17)10-16-12-18(7-9-20(16)19)30(28,29)25-23(22(26)27)13-21(23)14-4-2-1-3-5-14/h1-9,11-12,21,25H,10,13H2,(H,26,27)/t21-,23?/m0/s1. The lowest BCUT2D eigenvalue weighted by Crippen LogP contribution is -2.44. The number of halogens is 1. The number of aliphatic carboxylic acids is 1. The van der Waals surface area contributed by atoms with E-state index in [4.69, 9.17) is 11.6 Å². The van der Waals surface area contributed by atoms with Crippen molar-refractivity contribution in [3.63, 3.8) is 0 Å². The summed E-state index contributed by atoms with van der Waals surface area (Å²) in [6, 6.07) is 19.7. The third kappa shape index (κ3) is 3.03. The van der Waals surface area contributed by atoms with Crippen molar-refractivity contribution < 1.29 is 18.3 Å². The molecule has 1 saturated carbocycles. The zero-order chi connectivity index (χ0) is 21.1. The Morgan fingerprint density at radius 3 is 2.37 bits per heavy atom. The highest BCUT2D eigenvalue weighted by atomic mass is 35.5. The molecule has 0 radical (unpaired) electrons. The molecule has 0 saturated heterocycles. The molecule has 2 aliphatic carbocycles. The SMILES string of the molecule is O=C(O)C1(NS(=O)(=O)c2ccc3c(c2)Cc2cc(Cl)ccc2-3)C[C@H]1c1ccccc1. The van der Waals surface area contributed by atoms with Crippen molar-refractivity contribution in [2.24, 2.45) is 0 Å². The predicted octanol–water partition coefficient (Wildman–Crippen LogP) is 4.20. The number of carboxylic acid groups (broad SMARTS) is 1. The molecule has 1 unspecified atom stereocenters. The second-order valence-corrected chi connectivity index (χ2v) is 9.97. The van der Waals surface area contributed by atoms with Crippen LogP contribution in [-0.4, -0.2) is 25.0 Å². The second kappa shape index (κ2) is 6.67. The number of sulfonamides is 1. The van der Waals surface area contributed by atoms with Crippen molar-refractivity contribution >= 4 is 27.6 Å². The number of hydrogen-bond donors (Lipinski definition) is 2. The minimum Gasteiger partial charge on any atom is -0.480 e. The Morgan fingerprint density at radius 1 is 1.00 bits per heavy atom. The number of carboxylic acids is 1. The molecule has 2 atom stereocenters. The van der Waals surface area contributed by atoms with Crippen LogP contribution in [0.3, 0.4) is 0 Å². The monoisotopic (exact) mass is 439 g/mol. The summed E-state index contributed by atoms with van der Waals surface area (Å²) in [6.45, 7) is 0. The highest BCUT2D eigenvalue weighted by molar-refractivity contribution is 7.89. The Morgan fingerprint density at radius 2 is 1.67 bits per heavy atom. The van der Waals surface area contributed by atoms with Gasteiger partial charge < -0.3 is 5.11 Å². The maximum atomic E-state index is 13.1. The first-order valence-corrected chi connectivity index (χ1v) is 11.4. The van der Waals surface area contributed by atoms with Gasteiger partial charge in [-0.05, 0) is 64.9 Å². The maximum absolute atomic E-state index is 13.1. The van der Waals surface area contributed by atoms with Gasteiger partial charge in [0.15, 0.2) is 0 Å². The van der Waals surface area contributed by atoms with Gasteiger partial charge in [-0.25, -0.2) is 8.42 Å². The van der Waals surface area contributed by atoms with Crippen molar-refractivity contribution in [3.05, 3.63) is 88.4 Å². The van der Waals surface area contributed by atoms with Crippen molar-refractivity contribution in [1.29, 1.82) is 0 Å². The fourth-order valence-corrected chi connectivity index (χ4v) is 6.01. The third-order valence-corrected chi connectivity index (χ3v) is 7.73. The number of carbonyl (C=O) groups is 1. The Hall–Kier alpha value is -2.67. The van der Waals surface area contributed by atoms with Crippen LogP contribution < -0.4 is 4.72 Å². The molecule has 3 aromatic rings. The Balaban J connectivity index is 1.46. The molecule has 30 heavy (non-hydrogen) atoms. The fraction of sp³-hybridized carbons (Fsp3) is 0.174. The van der Waals surface area contributed by atoms with Gasteiger partial charge >= 0.3 is 5.97 Å². The molecule has 0 bridgehead atoms. The van der Waals surface area contributed by atoms with Crippen LogP contribution >= 0.6 is 11.6 Å². The number of benzene rings is 3. The van der Waals surface area contributed by atoms with E-state index in [1.54, 1.807) is 12.1 Å². The molecule has 2 N–H and O–H groups in total. The van der Waals surface area contributed by atoms with Gasteiger partial charge in [-0.3, -0.25) is 4.79 Å². The first-order chi connectivity index (χ1) is 14.3. The smallest absolute Gasteiger partial charge is 0.325 e. The van der Waals surface area contributed by atoms with Crippen molar-refractivity contribution in [2.75, 3.05) is 0 Å². The van der Waals surface area contributed by atoms with Gasteiger partial charge in [0.25, 0.3) is 0 Å². The summed E-state index contributed by atoms with van der Waals surface area (Å²) in [5, 5.41) is 10.4. The van der Waals surface area contributed by atoms with E-state index in [9.17, 15) is 18.3 Å². The van der Waals surface area contributed by atoms with E-state index < -0.39 is 27.4 Å². The van der Waals surface area contributed by atoms with Gasteiger partial charge in [-0.2, -0.15) is 4.72 Å². The first-order valence-electron chi connectivity index (χ1n) is 9.54. The van der Waals surface area contributed by atoms with Crippen LogP contribution in [0.25, 0.3) is 11.1 Å². The van der Waals surface area contributed by atoms with Crippen LogP contribution in [0.4, 0.5) is 0 Å². The Bertz CT molecular complexity index is 1290. The van der Waals surface area contributed by atoms with E-state index in [1.807, 2.05) is 48.5 Å². The van der Waals surface area contributed by atoms with Crippen LogP contribution in [0.15, 0.2) is 71.6 Å². The molecule has 7 heteroatoms. The lowest BCUT2D eigenvalue weighted by Gasteiger charge is -2.16. The molecular weight excluding hydrogens is 422 g/mol. The number of fused-ring (bicyclic) bond motifs is 3. The zero-order valence-electron chi connectivity index (χ0n) is 15.8. The maximum Gasteiger partial charge on any atom is 0.325 e. The molecule has 2 aliphatic rings. The van der Waals surface area contributed by atoms with Crippen molar-refractivity contribution in [3.8, 4) is 11.1 Å². The molecule has 0 spiro atoms. The molecule has 0 heterocycles. The molecule has 0 aromatic heterocycles. The Labute approximate surface area is 179 Å². The fourth-order valence-electron chi connectivity index (χ4n) is 4.37. The molecule has 3 aromatic carbocycles. The van der Waals surface area contributed by atoms with E-state index >= 15 is 0 Å². The van der Waals surface area contributed by atoms with Gasteiger partial charge in [0.1, 0.15) is 5.54 Å². The number of hydrogen-bond acceptors (Lipinski definition) is 3. The van der Waals surface area contributed by atoms with Crippen LogP contribution in [0.1, 0.15) is 29.0 Å². The minimum absolute atomic E-state index is 0.0690. The normalized spacial score (nSPS) is 21.7. The summed E-state index contributed by atoms with van der Waals surface area (Å²) >= 11 is 6.08. The first kappa shape index (κ1) is 19.3. The lowest BCUT2D eigenvalue weighted by atomic mass is 10.1. The molecule has 152 valence electrons. The predicted molar refractivity (Wildman–Crippen MR) is 114 cm³/mol. The summed E-state index contributed by atoms with van der Waals surface area (Å²) in [5.41, 5.74) is 3.24. The van der Waals surface area contributed by atoms with E-state index in [0.717, 1.165) is 27.8 Å². The van der Waals surface area contributed by atoms with E-state index in [-0.39, 0.29) is 11.3 Å². The summed E-state index contributed by atoms with van der Waals surface area (Å²) in [5.74, 6) is -1.56. The highest BCUT2D eigenvalue weighted by Crippen LogP contribution is 2.52. The Kier molecular flexibility index (Phi) is 4.29. The molecular formula is C23H18ClNO4S. The van der Waals surface area contributed by atoms with Gasteiger partial charge in [0.2, 0.25) is 10.0 Å². The zero-order valence-corrected chi connectivity index (χ0v) is 17.4.